The average molecular weight is 207 g/mol. The summed E-state index contributed by atoms with van der Waals surface area (Å²) in [6.45, 7) is 4.41. The molecule has 4 heteroatoms. The SMILES string of the molecule is C#CCN1C(=O)NC(=N)C1C(CC)CC. The van der Waals surface area contributed by atoms with Crippen LogP contribution in [0.4, 0.5) is 4.79 Å². The lowest BCUT2D eigenvalue weighted by molar-refractivity contribution is 0.196. The summed E-state index contributed by atoms with van der Waals surface area (Å²) in [5.41, 5.74) is 0. The number of amidine groups is 1. The topological polar surface area (TPSA) is 56.2 Å². The highest BCUT2D eigenvalue weighted by molar-refractivity contribution is 6.05. The van der Waals surface area contributed by atoms with E-state index in [-0.39, 0.29) is 24.5 Å². The molecule has 0 spiro atoms. The van der Waals surface area contributed by atoms with E-state index in [4.69, 9.17) is 11.8 Å². The van der Waals surface area contributed by atoms with Crippen LogP contribution in [0.25, 0.3) is 0 Å². The van der Waals surface area contributed by atoms with Gasteiger partial charge >= 0.3 is 6.03 Å². The molecule has 0 aromatic rings. The summed E-state index contributed by atoms with van der Waals surface area (Å²) < 4.78 is 0. The van der Waals surface area contributed by atoms with Crippen LogP contribution >= 0.6 is 0 Å². The molecule has 0 aliphatic carbocycles. The molecule has 1 heterocycles. The van der Waals surface area contributed by atoms with Crippen LogP contribution in [0.2, 0.25) is 0 Å². The number of terminal acetylenes is 1. The molecule has 0 radical (unpaired) electrons. The normalized spacial score (nSPS) is 20.7. The van der Waals surface area contributed by atoms with Gasteiger partial charge < -0.3 is 4.90 Å². The predicted octanol–water partition coefficient (Wildman–Crippen LogP) is 1.43. The summed E-state index contributed by atoms with van der Waals surface area (Å²) in [7, 11) is 0. The van der Waals surface area contributed by atoms with Crippen molar-refractivity contribution in [3.8, 4) is 12.3 Å². The number of nitrogens with one attached hydrogen (secondary N) is 2. The molecule has 0 aromatic carbocycles. The van der Waals surface area contributed by atoms with Gasteiger partial charge in [0.1, 0.15) is 5.84 Å². The number of nitrogens with zero attached hydrogens (tertiary/aromatic N) is 1. The van der Waals surface area contributed by atoms with Gasteiger partial charge in [0.05, 0.1) is 12.6 Å². The molecular weight excluding hydrogens is 190 g/mol. The maximum atomic E-state index is 11.5. The van der Waals surface area contributed by atoms with Crippen molar-refractivity contribution in [1.29, 1.82) is 5.41 Å². The zero-order valence-corrected chi connectivity index (χ0v) is 9.21. The van der Waals surface area contributed by atoms with Crippen molar-refractivity contribution < 1.29 is 4.79 Å². The molecule has 1 aliphatic heterocycles. The van der Waals surface area contributed by atoms with Crippen LogP contribution in [0.15, 0.2) is 0 Å². The van der Waals surface area contributed by atoms with E-state index < -0.39 is 0 Å². The second kappa shape index (κ2) is 4.83. The summed E-state index contributed by atoms with van der Waals surface area (Å²) in [6.07, 6.45) is 7.11. The van der Waals surface area contributed by atoms with Crippen molar-refractivity contribution in [2.24, 2.45) is 5.92 Å². The Kier molecular flexibility index (Phi) is 3.73. The fourth-order valence-corrected chi connectivity index (χ4v) is 2.04. The number of amides is 2. The largest absolute Gasteiger partial charge is 0.324 e. The van der Waals surface area contributed by atoms with Crippen LogP contribution in [0.3, 0.4) is 0 Å². The maximum Gasteiger partial charge on any atom is 0.324 e. The first-order valence-corrected chi connectivity index (χ1v) is 5.25. The van der Waals surface area contributed by atoms with Crippen molar-refractivity contribution in [1.82, 2.24) is 10.2 Å². The molecule has 2 N–H and O–H groups in total. The minimum absolute atomic E-state index is 0.163. The Morgan fingerprint density at radius 2 is 2.20 bits per heavy atom. The van der Waals surface area contributed by atoms with E-state index in [1.165, 1.54) is 0 Å². The number of carbonyl (C=O) groups excluding carboxylic acids is 1. The molecule has 0 aromatic heterocycles. The quantitative estimate of drug-likeness (QED) is 0.673. The van der Waals surface area contributed by atoms with E-state index in [9.17, 15) is 4.79 Å². The van der Waals surface area contributed by atoms with Gasteiger partial charge in [-0.1, -0.05) is 32.6 Å². The first-order chi connectivity index (χ1) is 7.15. The summed E-state index contributed by atoms with van der Waals surface area (Å²) >= 11 is 0. The maximum absolute atomic E-state index is 11.5. The number of hydrogen-bond acceptors (Lipinski definition) is 2. The molecule has 0 bridgehead atoms. The van der Waals surface area contributed by atoms with Crippen LogP contribution in [-0.2, 0) is 0 Å². The van der Waals surface area contributed by atoms with Crippen LogP contribution in [0, 0.1) is 23.7 Å². The fourth-order valence-electron chi connectivity index (χ4n) is 2.04. The molecule has 15 heavy (non-hydrogen) atoms. The van der Waals surface area contributed by atoms with Gasteiger partial charge in [0.25, 0.3) is 0 Å². The molecular formula is C11H17N3O. The molecule has 1 unspecified atom stereocenters. The lowest BCUT2D eigenvalue weighted by Crippen LogP contribution is -2.40. The van der Waals surface area contributed by atoms with E-state index in [1.807, 2.05) is 0 Å². The molecule has 0 saturated carbocycles. The second-order valence-electron chi connectivity index (χ2n) is 3.70. The Bertz CT molecular complexity index is 301. The monoisotopic (exact) mass is 207 g/mol. The van der Waals surface area contributed by atoms with Crippen molar-refractivity contribution in [2.45, 2.75) is 32.7 Å². The lowest BCUT2D eigenvalue weighted by atomic mass is 9.93. The minimum Gasteiger partial charge on any atom is -0.303 e. The average Bonchev–Trinajstić information content (AvgIpc) is 2.47. The zero-order chi connectivity index (χ0) is 11.4. The van der Waals surface area contributed by atoms with Gasteiger partial charge in [0.2, 0.25) is 0 Å². The van der Waals surface area contributed by atoms with E-state index in [1.54, 1.807) is 4.90 Å². The van der Waals surface area contributed by atoms with Crippen LogP contribution < -0.4 is 5.32 Å². The Morgan fingerprint density at radius 1 is 1.60 bits per heavy atom. The highest BCUT2D eigenvalue weighted by Gasteiger charge is 2.38. The zero-order valence-electron chi connectivity index (χ0n) is 9.21. The molecule has 1 fully saturated rings. The molecule has 4 nitrogen and oxygen atoms in total. The van der Waals surface area contributed by atoms with Crippen molar-refractivity contribution >= 4 is 11.9 Å². The predicted molar refractivity (Wildman–Crippen MR) is 59.7 cm³/mol. The molecule has 2 amide bonds. The van der Waals surface area contributed by atoms with E-state index in [2.05, 4.69) is 25.1 Å². The van der Waals surface area contributed by atoms with Gasteiger partial charge in [0, 0.05) is 0 Å². The summed E-state index contributed by atoms with van der Waals surface area (Å²) in [5.74, 6) is 3.05. The van der Waals surface area contributed by atoms with Crippen molar-refractivity contribution in [3.63, 3.8) is 0 Å². The Morgan fingerprint density at radius 3 is 2.67 bits per heavy atom. The first-order valence-electron chi connectivity index (χ1n) is 5.25. The number of urea groups is 1. The van der Waals surface area contributed by atoms with Gasteiger partial charge in [-0.15, -0.1) is 6.42 Å². The van der Waals surface area contributed by atoms with E-state index in [0.29, 0.717) is 5.92 Å². The molecule has 1 saturated heterocycles. The summed E-state index contributed by atoms with van der Waals surface area (Å²) in [4.78, 5) is 13.1. The summed E-state index contributed by atoms with van der Waals surface area (Å²) in [5, 5.41) is 10.3. The van der Waals surface area contributed by atoms with Gasteiger partial charge in [-0.25, -0.2) is 4.79 Å². The Labute approximate surface area is 90.5 Å². The van der Waals surface area contributed by atoms with Crippen LogP contribution in [0.1, 0.15) is 26.7 Å². The number of carbonyl (C=O) groups is 1. The third-order valence-corrected chi connectivity index (χ3v) is 2.89. The van der Waals surface area contributed by atoms with Gasteiger partial charge in [0.15, 0.2) is 0 Å². The highest BCUT2D eigenvalue weighted by atomic mass is 16.2. The summed E-state index contributed by atoms with van der Waals surface area (Å²) in [6, 6.07) is -0.404. The van der Waals surface area contributed by atoms with Gasteiger partial charge in [-0.3, -0.25) is 10.7 Å². The lowest BCUT2D eigenvalue weighted by Gasteiger charge is -2.27. The number of hydrogen-bond donors (Lipinski definition) is 2. The molecule has 1 rings (SSSR count). The van der Waals surface area contributed by atoms with Crippen molar-refractivity contribution in [2.75, 3.05) is 6.54 Å². The van der Waals surface area contributed by atoms with Gasteiger partial charge in [-0.2, -0.15) is 0 Å². The number of rotatable bonds is 4. The van der Waals surface area contributed by atoms with E-state index >= 15 is 0 Å². The van der Waals surface area contributed by atoms with Crippen LogP contribution in [0.5, 0.6) is 0 Å². The fraction of sp³-hybridized carbons (Fsp3) is 0.636. The van der Waals surface area contributed by atoms with Gasteiger partial charge in [-0.05, 0) is 5.92 Å². The molecule has 82 valence electrons. The van der Waals surface area contributed by atoms with E-state index in [0.717, 1.165) is 12.8 Å². The minimum atomic E-state index is -0.241. The first kappa shape index (κ1) is 11.6. The third kappa shape index (κ3) is 2.12. The Hall–Kier alpha value is -1.50. The standard InChI is InChI=1S/C11H17N3O/c1-4-7-14-9(8(5-2)6-3)10(12)13-11(14)15/h1,8-9H,5-7H2,2-3H3,(H2,12,13,15). The Balaban J connectivity index is 2.87. The van der Waals surface area contributed by atoms with Crippen molar-refractivity contribution in [3.05, 3.63) is 0 Å². The second-order valence-corrected chi connectivity index (χ2v) is 3.70. The smallest absolute Gasteiger partial charge is 0.303 e. The molecule has 1 atom stereocenters. The highest BCUT2D eigenvalue weighted by Crippen LogP contribution is 2.22. The van der Waals surface area contributed by atoms with Crippen LogP contribution in [-0.4, -0.2) is 29.4 Å². The third-order valence-electron chi connectivity index (χ3n) is 2.89. The molecule has 1 aliphatic rings.